The highest BCUT2D eigenvalue weighted by atomic mass is 16.3. The molecule has 0 aliphatic carbocycles. The maximum absolute atomic E-state index is 9.08. The fraction of sp³-hybridized carbons (Fsp3) is 0.455. The van der Waals surface area contributed by atoms with E-state index in [9.17, 15) is 0 Å². The van der Waals surface area contributed by atoms with Crippen molar-refractivity contribution in [3.8, 4) is 0 Å². The quantitative estimate of drug-likeness (QED) is 0.722. The van der Waals surface area contributed by atoms with Gasteiger partial charge >= 0.3 is 0 Å². The zero-order valence-corrected chi connectivity index (χ0v) is 8.46. The molecule has 0 heterocycles. The molecule has 1 rings (SSSR count). The summed E-state index contributed by atoms with van der Waals surface area (Å²) in [5.41, 5.74) is 8.72. The Bertz CT molecular complexity index is 305. The molecule has 2 nitrogen and oxygen atoms in total. The van der Waals surface area contributed by atoms with Gasteiger partial charge in [-0.05, 0) is 37.5 Å². The summed E-state index contributed by atoms with van der Waals surface area (Å²) in [4.78, 5) is 0. The Balaban J connectivity index is 3.10. The predicted molar refractivity (Wildman–Crippen MR) is 54.5 cm³/mol. The van der Waals surface area contributed by atoms with Gasteiger partial charge in [0, 0.05) is 0 Å². The van der Waals surface area contributed by atoms with Crippen LogP contribution in [-0.2, 0) is 5.54 Å². The average Bonchev–Trinajstić information content (AvgIpc) is 2.09. The molecule has 1 unspecified atom stereocenters. The summed E-state index contributed by atoms with van der Waals surface area (Å²) in [6, 6.07) is 6.04. The first kappa shape index (κ1) is 10.2. The van der Waals surface area contributed by atoms with Crippen molar-refractivity contribution >= 4 is 0 Å². The molecule has 3 N–H and O–H groups in total. The van der Waals surface area contributed by atoms with Crippen LogP contribution in [0, 0.1) is 13.8 Å². The van der Waals surface area contributed by atoms with Gasteiger partial charge in [0.25, 0.3) is 0 Å². The van der Waals surface area contributed by atoms with Gasteiger partial charge in [0.1, 0.15) is 0 Å². The van der Waals surface area contributed by atoms with Gasteiger partial charge in [-0.3, -0.25) is 0 Å². The Labute approximate surface area is 79.4 Å². The van der Waals surface area contributed by atoms with Gasteiger partial charge in [-0.25, -0.2) is 0 Å². The van der Waals surface area contributed by atoms with E-state index in [2.05, 4.69) is 6.92 Å². The van der Waals surface area contributed by atoms with Crippen LogP contribution in [0.15, 0.2) is 18.2 Å². The first-order valence-corrected chi connectivity index (χ1v) is 4.45. The third-order valence-electron chi connectivity index (χ3n) is 2.49. The summed E-state index contributed by atoms with van der Waals surface area (Å²) in [7, 11) is 0. The Kier molecular flexibility index (Phi) is 2.74. The van der Waals surface area contributed by atoms with E-state index in [1.807, 2.05) is 32.0 Å². The van der Waals surface area contributed by atoms with Gasteiger partial charge in [-0.2, -0.15) is 0 Å². The maximum atomic E-state index is 9.08. The number of hydrogen-bond acceptors (Lipinski definition) is 2. The number of aliphatic hydroxyl groups excluding tert-OH is 1. The molecule has 0 amide bonds. The molecule has 0 aliphatic heterocycles. The third kappa shape index (κ3) is 2.08. The Morgan fingerprint density at radius 1 is 1.31 bits per heavy atom. The van der Waals surface area contributed by atoms with Crippen molar-refractivity contribution in [2.45, 2.75) is 26.3 Å². The summed E-state index contributed by atoms with van der Waals surface area (Å²) in [5, 5.41) is 9.08. The molecular formula is C11H17NO. The minimum atomic E-state index is -0.627. The lowest BCUT2D eigenvalue weighted by molar-refractivity contribution is 0.210. The molecule has 1 aromatic rings. The minimum absolute atomic E-state index is 0.0322. The molecule has 0 spiro atoms. The Hall–Kier alpha value is -0.860. The van der Waals surface area contributed by atoms with E-state index in [0.717, 1.165) is 5.56 Å². The van der Waals surface area contributed by atoms with E-state index >= 15 is 0 Å². The molecule has 1 aromatic carbocycles. The van der Waals surface area contributed by atoms with E-state index < -0.39 is 5.54 Å². The van der Waals surface area contributed by atoms with Crippen LogP contribution in [0.3, 0.4) is 0 Å². The molecule has 0 saturated heterocycles. The second-order valence-corrected chi connectivity index (χ2v) is 3.87. The summed E-state index contributed by atoms with van der Waals surface area (Å²) >= 11 is 0. The summed E-state index contributed by atoms with van der Waals surface area (Å²) in [5.74, 6) is 0. The van der Waals surface area contributed by atoms with Gasteiger partial charge in [-0.15, -0.1) is 0 Å². The molecule has 13 heavy (non-hydrogen) atoms. The van der Waals surface area contributed by atoms with Crippen molar-refractivity contribution in [3.63, 3.8) is 0 Å². The highest BCUT2D eigenvalue weighted by Gasteiger charge is 2.19. The summed E-state index contributed by atoms with van der Waals surface area (Å²) in [6.07, 6.45) is 0. The largest absolute Gasteiger partial charge is 0.394 e. The monoisotopic (exact) mass is 179 g/mol. The van der Waals surface area contributed by atoms with Crippen molar-refractivity contribution in [1.82, 2.24) is 0 Å². The highest BCUT2D eigenvalue weighted by Crippen LogP contribution is 2.19. The lowest BCUT2D eigenvalue weighted by Gasteiger charge is -2.23. The highest BCUT2D eigenvalue weighted by molar-refractivity contribution is 5.33. The first-order valence-electron chi connectivity index (χ1n) is 4.45. The molecule has 0 bridgehead atoms. The van der Waals surface area contributed by atoms with Crippen LogP contribution in [0.2, 0.25) is 0 Å². The van der Waals surface area contributed by atoms with E-state index in [0.29, 0.717) is 0 Å². The zero-order chi connectivity index (χ0) is 10.1. The van der Waals surface area contributed by atoms with E-state index in [1.54, 1.807) is 0 Å². The maximum Gasteiger partial charge on any atom is 0.0650 e. The van der Waals surface area contributed by atoms with E-state index in [4.69, 9.17) is 10.8 Å². The lowest BCUT2D eigenvalue weighted by atomic mass is 9.92. The van der Waals surface area contributed by atoms with E-state index in [1.165, 1.54) is 11.1 Å². The fourth-order valence-electron chi connectivity index (χ4n) is 1.19. The standard InChI is InChI=1S/C11H17NO/c1-8-4-5-10(6-9(8)2)11(3,12)7-13/h4-6,13H,7,12H2,1-3H3. The van der Waals surface area contributed by atoms with Crippen LogP contribution in [-0.4, -0.2) is 11.7 Å². The fourth-order valence-corrected chi connectivity index (χ4v) is 1.19. The second-order valence-electron chi connectivity index (χ2n) is 3.87. The molecule has 72 valence electrons. The topological polar surface area (TPSA) is 46.2 Å². The first-order chi connectivity index (χ1) is 5.97. The second kappa shape index (κ2) is 3.48. The van der Waals surface area contributed by atoms with Gasteiger partial charge in [0.05, 0.1) is 12.1 Å². The minimum Gasteiger partial charge on any atom is -0.394 e. The summed E-state index contributed by atoms with van der Waals surface area (Å²) < 4.78 is 0. The van der Waals surface area contributed by atoms with Crippen molar-refractivity contribution in [1.29, 1.82) is 0 Å². The molecule has 0 aromatic heterocycles. The third-order valence-corrected chi connectivity index (χ3v) is 2.49. The number of rotatable bonds is 2. The van der Waals surface area contributed by atoms with Gasteiger partial charge < -0.3 is 10.8 Å². The molecule has 0 fully saturated rings. The predicted octanol–water partition coefficient (Wildman–Crippen LogP) is 1.47. The normalized spacial score (nSPS) is 15.5. The van der Waals surface area contributed by atoms with Crippen molar-refractivity contribution in [3.05, 3.63) is 34.9 Å². The van der Waals surface area contributed by atoms with Crippen LogP contribution in [0.5, 0.6) is 0 Å². The molecule has 1 atom stereocenters. The van der Waals surface area contributed by atoms with Crippen LogP contribution < -0.4 is 5.73 Å². The van der Waals surface area contributed by atoms with Crippen molar-refractivity contribution in [2.75, 3.05) is 6.61 Å². The molecule has 0 radical (unpaired) electrons. The number of aryl methyl sites for hydroxylation is 2. The average molecular weight is 179 g/mol. The molecule has 0 aliphatic rings. The van der Waals surface area contributed by atoms with Gasteiger partial charge in [-0.1, -0.05) is 18.2 Å². The number of hydrogen-bond donors (Lipinski definition) is 2. The lowest BCUT2D eigenvalue weighted by Crippen LogP contribution is -2.36. The van der Waals surface area contributed by atoms with Crippen molar-refractivity contribution < 1.29 is 5.11 Å². The molecular weight excluding hydrogens is 162 g/mol. The van der Waals surface area contributed by atoms with E-state index in [-0.39, 0.29) is 6.61 Å². The Morgan fingerprint density at radius 3 is 2.38 bits per heavy atom. The van der Waals surface area contributed by atoms with Crippen LogP contribution in [0.1, 0.15) is 23.6 Å². The van der Waals surface area contributed by atoms with Crippen LogP contribution in [0.25, 0.3) is 0 Å². The number of aliphatic hydroxyl groups is 1. The zero-order valence-electron chi connectivity index (χ0n) is 8.46. The van der Waals surface area contributed by atoms with Gasteiger partial charge in [0.15, 0.2) is 0 Å². The smallest absolute Gasteiger partial charge is 0.0650 e. The Morgan fingerprint density at radius 2 is 1.92 bits per heavy atom. The number of benzene rings is 1. The van der Waals surface area contributed by atoms with Crippen LogP contribution in [0.4, 0.5) is 0 Å². The van der Waals surface area contributed by atoms with Crippen LogP contribution >= 0.6 is 0 Å². The molecule has 2 heteroatoms. The van der Waals surface area contributed by atoms with Gasteiger partial charge in [0.2, 0.25) is 0 Å². The molecule has 0 saturated carbocycles. The SMILES string of the molecule is Cc1ccc(C(C)(N)CO)cc1C. The number of nitrogens with two attached hydrogens (primary N) is 1. The summed E-state index contributed by atoms with van der Waals surface area (Å²) in [6.45, 7) is 5.91. The van der Waals surface area contributed by atoms with Crippen molar-refractivity contribution in [2.24, 2.45) is 5.73 Å².